The Morgan fingerprint density at radius 2 is 1.74 bits per heavy atom. The lowest BCUT2D eigenvalue weighted by Gasteiger charge is -2.22. The van der Waals surface area contributed by atoms with Crippen molar-refractivity contribution in [1.29, 1.82) is 0 Å². The van der Waals surface area contributed by atoms with Crippen molar-refractivity contribution >= 4 is 33.6 Å². The molecule has 0 unspecified atom stereocenters. The molecule has 0 saturated carbocycles. The Morgan fingerprint density at radius 3 is 2.51 bits per heavy atom. The number of nitrogens with two attached hydrogens (primary N) is 1. The molecule has 1 atom stereocenters. The minimum atomic E-state index is -0.352. The summed E-state index contributed by atoms with van der Waals surface area (Å²) in [4.78, 5) is 35.9. The monoisotopic (exact) mass is 516 g/mol. The van der Waals surface area contributed by atoms with Gasteiger partial charge in [-0.3, -0.25) is 14.3 Å². The highest BCUT2D eigenvalue weighted by atomic mass is 16.5. The van der Waals surface area contributed by atoms with Gasteiger partial charge < -0.3 is 15.8 Å². The lowest BCUT2D eigenvalue weighted by atomic mass is 9.99. The average Bonchev–Trinajstić information content (AvgIpc) is 2.97. The molecule has 0 aliphatic rings. The molecule has 10 nitrogen and oxygen atoms in total. The minimum absolute atomic E-state index is 0.135. The summed E-state index contributed by atoms with van der Waals surface area (Å²) in [5.41, 5.74) is 9.96. The molecule has 4 heterocycles. The molecule has 0 aliphatic heterocycles. The van der Waals surface area contributed by atoms with E-state index in [1.807, 2.05) is 67.6 Å². The smallest absolute Gasteiger partial charge is 0.316 e. The molecule has 6 rings (SSSR count). The second-order valence-corrected chi connectivity index (χ2v) is 8.94. The fourth-order valence-electron chi connectivity index (χ4n) is 4.71. The highest BCUT2D eigenvalue weighted by Crippen LogP contribution is 2.30. The molecule has 39 heavy (non-hydrogen) atoms. The largest absolute Gasteiger partial charge is 0.467 e. The van der Waals surface area contributed by atoms with E-state index >= 15 is 0 Å². The molecule has 0 amide bonds. The molecular weight excluding hydrogens is 492 g/mol. The van der Waals surface area contributed by atoms with Gasteiger partial charge in [0.15, 0.2) is 5.82 Å². The van der Waals surface area contributed by atoms with E-state index in [2.05, 4.69) is 30.2 Å². The van der Waals surface area contributed by atoms with E-state index in [1.54, 1.807) is 29.2 Å². The second kappa shape index (κ2) is 9.82. The van der Waals surface area contributed by atoms with E-state index in [4.69, 9.17) is 10.5 Å². The van der Waals surface area contributed by atoms with Crippen LogP contribution in [-0.4, -0.2) is 36.6 Å². The average molecular weight is 517 g/mol. The molecule has 0 bridgehead atoms. The number of ether oxygens (including phenoxy) is 1. The van der Waals surface area contributed by atoms with Gasteiger partial charge in [-0.1, -0.05) is 36.4 Å². The Labute approximate surface area is 223 Å². The summed E-state index contributed by atoms with van der Waals surface area (Å²) in [6, 6.07) is 20.8. The number of nitrogens with zero attached hydrogens (tertiary/aromatic N) is 6. The van der Waals surface area contributed by atoms with Gasteiger partial charge in [0.1, 0.15) is 5.52 Å². The normalized spacial score (nSPS) is 11.9. The van der Waals surface area contributed by atoms with Crippen molar-refractivity contribution in [2.75, 3.05) is 18.2 Å². The van der Waals surface area contributed by atoms with Crippen LogP contribution in [-0.2, 0) is 0 Å². The van der Waals surface area contributed by atoms with Gasteiger partial charge in [-0.05, 0) is 48.2 Å². The van der Waals surface area contributed by atoms with E-state index in [0.29, 0.717) is 27.8 Å². The van der Waals surface area contributed by atoms with Crippen molar-refractivity contribution in [3.8, 4) is 22.8 Å². The summed E-state index contributed by atoms with van der Waals surface area (Å²) in [6.07, 6.45) is 4.99. The van der Waals surface area contributed by atoms with Crippen molar-refractivity contribution in [3.63, 3.8) is 0 Å². The molecule has 6 aromatic rings. The number of fused-ring (bicyclic) bond motifs is 2. The van der Waals surface area contributed by atoms with Gasteiger partial charge in [0.05, 0.1) is 24.1 Å². The molecule has 10 heteroatoms. The number of para-hydroxylation sites is 1. The molecule has 192 valence electrons. The van der Waals surface area contributed by atoms with Gasteiger partial charge in [0.2, 0.25) is 5.95 Å². The van der Waals surface area contributed by atoms with E-state index < -0.39 is 0 Å². The molecular formula is C29H24N8O2. The third-order valence-corrected chi connectivity index (χ3v) is 6.48. The van der Waals surface area contributed by atoms with Crippen LogP contribution in [0.2, 0.25) is 0 Å². The quantitative estimate of drug-likeness (QED) is 0.327. The summed E-state index contributed by atoms with van der Waals surface area (Å²) in [7, 11) is 1.51. The number of methoxy groups -OCH3 is 1. The predicted molar refractivity (Wildman–Crippen MR) is 151 cm³/mol. The van der Waals surface area contributed by atoms with Crippen LogP contribution in [0.3, 0.4) is 0 Å². The Bertz CT molecular complexity index is 1870. The second-order valence-electron chi connectivity index (χ2n) is 8.94. The van der Waals surface area contributed by atoms with Crippen LogP contribution in [0.15, 0.2) is 90.1 Å². The Morgan fingerprint density at radius 1 is 0.949 bits per heavy atom. The number of hydrogen-bond donors (Lipinski definition) is 2. The van der Waals surface area contributed by atoms with Crippen LogP contribution in [0, 0.1) is 0 Å². The number of nitrogen functional groups attached to an aromatic ring is 1. The first kappa shape index (κ1) is 24.0. The maximum absolute atomic E-state index is 14.3. The van der Waals surface area contributed by atoms with Gasteiger partial charge in [-0.2, -0.15) is 4.98 Å². The Kier molecular flexibility index (Phi) is 6.04. The van der Waals surface area contributed by atoms with Crippen molar-refractivity contribution in [2.45, 2.75) is 13.0 Å². The topological polar surface area (TPSA) is 134 Å². The van der Waals surface area contributed by atoms with Gasteiger partial charge in [-0.25, -0.2) is 15.0 Å². The van der Waals surface area contributed by atoms with Gasteiger partial charge in [0.25, 0.3) is 5.56 Å². The van der Waals surface area contributed by atoms with Crippen LogP contribution in [0.1, 0.15) is 18.7 Å². The molecule has 0 aliphatic carbocycles. The van der Waals surface area contributed by atoms with Crippen molar-refractivity contribution in [2.24, 2.45) is 0 Å². The number of anilines is 2. The fraction of sp³-hybridized carbons (Fsp3) is 0.103. The van der Waals surface area contributed by atoms with Crippen LogP contribution in [0.5, 0.6) is 6.01 Å². The van der Waals surface area contributed by atoms with Crippen LogP contribution < -0.4 is 21.3 Å². The number of rotatable bonds is 6. The molecule has 0 spiro atoms. The first-order chi connectivity index (χ1) is 19.0. The number of aromatic nitrogens is 6. The van der Waals surface area contributed by atoms with Crippen LogP contribution in [0.25, 0.3) is 38.6 Å². The van der Waals surface area contributed by atoms with Crippen molar-refractivity contribution in [3.05, 3.63) is 101 Å². The third-order valence-electron chi connectivity index (χ3n) is 6.48. The third kappa shape index (κ3) is 4.37. The number of nitrogens with one attached hydrogen (secondary N) is 1. The highest BCUT2D eigenvalue weighted by Gasteiger charge is 2.20. The van der Waals surface area contributed by atoms with E-state index in [0.717, 1.165) is 22.3 Å². The van der Waals surface area contributed by atoms with Crippen molar-refractivity contribution in [1.82, 2.24) is 29.5 Å². The maximum Gasteiger partial charge on any atom is 0.316 e. The van der Waals surface area contributed by atoms with Crippen LogP contribution >= 0.6 is 0 Å². The maximum atomic E-state index is 14.3. The zero-order chi connectivity index (χ0) is 26.9. The molecule has 2 aromatic carbocycles. The summed E-state index contributed by atoms with van der Waals surface area (Å²) in [6.45, 7) is 1.97. The lowest BCUT2D eigenvalue weighted by Crippen LogP contribution is -2.26. The van der Waals surface area contributed by atoms with E-state index in [-0.39, 0.29) is 23.6 Å². The molecule has 4 aromatic heterocycles. The summed E-state index contributed by atoms with van der Waals surface area (Å²) in [5, 5.41) is 4.76. The van der Waals surface area contributed by atoms with Crippen LogP contribution in [0.4, 0.5) is 11.8 Å². The number of pyridine rings is 2. The SMILES string of the molecule is COc1ncc(-c2cccc3cc([C@H](C)Nc4nc(N)nc5cccnc45)n(-c4ccccc4)c(=O)c23)cn1. The zero-order valence-electron chi connectivity index (χ0n) is 21.2. The number of benzene rings is 2. The summed E-state index contributed by atoms with van der Waals surface area (Å²) >= 11 is 0. The standard InChI is InChI=1S/C29H24N8O2/c1-17(34-26-25-22(12-7-13-31-25)35-28(30)36-26)23-14-18-8-6-11-21(19-15-32-29(39-2)33-16-19)24(18)27(38)37(23)20-9-4-3-5-10-20/h3-17H,1-2H3,(H3,30,34,35,36)/t17-/m0/s1. The fourth-order valence-corrected chi connectivity index (χ4v) is 4.71. The summed E-state index contributed by atoms with van der Waals surface area (Å²) in [5.74, 6) is 0.623. The Balaban J connectivity index is 1.55. The van der Waals surface area contributed by atoms with E-state index in [1.165, 1.54) is 7.11 Å². The van der Waals surface area contributed by atoms with E-state index in [9.17, 15) is 4.79 Å². The lowest BCUT2D eigenvalue weighted by molar-refractivity contribution is 0.380. The molecule has 3 N–H and O–H groups in total. The minimum Gasteiger partial charge on any atom is -0.467 e. The van der Waals surface area contributed by atoms with Gasteiger partial charge in [-0.15, -0.1) is 0 Å². The van der Waals surface area contributed by atoms with Gasteiger partial charge in [0, 0.05) is 35.5 Å². The first-order valence-corrected chi connectivity index (χ1v) is 12.3. The summed E-state index contributed by atoms with van der Waals surface area (Å²) < 4.78 is 6.82. The van der Waals surface area contributed by atoms with Crippen molar-refractivity contribution < 1.29 is 4.74 Å². The number of hydrogen-bond acceptors (Lipinski definition) is 9. The molecule has 0 saturated heterocycles. The highest BCUT2D eigenvalue weighted by molar-refractivity contribution is 5.96. The Hall–Kier alpha value is -5.38. The van der Waals surface area contributed by atoms with Gasteiger partial charge >= 0.3 is 6.01 Å². The molecule has 0 fully saturated rings. The predicted octanol–water partition coefficient (Wildman–Crippen LogP) is 4.55. The molecule has 0 radical (unpaired) electrons. The zero-order valence-corrected chi connectivity index (χ0v) is 21.2. The first-order valence-electron chi connectivity index (χ1n) is 12.3.